The second-order valence-corrected chi connectivity index (χ2v) is 7.47. The van der Waals surface area contributed by atoms with E-state index in [0.717, 1.165) is 11.1 Å². The van der Waals surface area contributed by atoms with Crippen molar-refractivity contribution in [3.63, 3.8) is 0 Å². The van der Waals surface area contributed by atoms with Crippen LogP contribution >= 0.6 is 0 Å². The zero-order valence-electron chi connectivity index (χ0n) is 17.5. The first-order valence-corrected chi connectivity index (χ1v) is 9.98. The molecule has 3 rings (SSSR count). The van der Waals surface area contributed by atoms with Crippen molar-refractivity contribution in [2.75, 3.05) is 33.4 Å². The number of rotatable bonds is 5. The van der Waals surface area contributed by atoms with Crippen LogP contribution in [0.1, 0.15) is 25.3 Å². The van der Waals surface area contributed by atoms with Crippen LogP contribution in [0.15, 0.2) is 41.1 Å². The Hall–Kier alpha value is -3.47. The zero-order chi connectivity index (χ0) is 21.9. The van der Waals surface area contributed by atoms with E-state index in [1.165, 1.54) is 0 Å². The van der Waals surface area contributed by atoms with Crippen molar-refractivity contribution in [3.05, 3.63) is 46.7 Å². The molecule has 1 heterocycles. The molecule has 30 heavy (non-hydrogen) atoms. The van der Waals surface area contributed by atoms with E-state index in [1.54, 1.807) is 6.07 Å². The van der Waals surface area contributed by atoms with E-state index in [1.807, 2.05) is 39.1 Å². The standard InChI is InChI=1S/C23H25N5O2/c1-4-29-19-7-6-15(10-20(19)30-5-2)21-18-12-28(3)9-8-16(18)17(11-24)22(27)23(21,13-25)14-26/h6-8,10,18,21H,4-5,9,12,27H2,1-3H3/t18-,21+/m1/s1. The van der Waals surface area contributed by atoms with Crippen LogP contribution in [0.5, 0.6) is 11.5 Å². The molecule has 2 atom stereocenters. The van der Waals surface area contributed by atoms with Crippen molar-refractivity contribution >= 4 is 0 Å². The van der Waals surface area contributed by atoms with E-state index >= 15 is 0 Å². The van der Waals surface area contributed by atoms with Crippen LogP contribution in [0.3, 0.4) is 0 Å². The van der Waals surface area contributed by atoms with Gasteiger partial charge in [-0.25, -0.2) is 0 Å². The van der Waals surface area contributed by atoms with Crippen LogP contribution in [-0.4, -0.2) is 38.3 Å². The number of likely N-dealkylation sites (N-methyl/N-ethyl adjacent to an activating group) is 1. The summed E-state index contributed by atoms with van der Waals surface area (Å²) in [6.07, 6.45) is 1.98. The van der Waals surface area contributed by atoms with E-state index in [0.29, 0.717) is 37.8 Å². The molecular weight excluding hydrogens is 378 g/mol. The summed E-state index contributed by atoms with van der Waals surface area (Å²) in [5.41, 5.74) is 6.54. The van der Waals surface area contributed by atoms with Gasteiger partial charge in [0.25, 0.3) is 0 Å². The van der Waals surface area contributed by atoms with Crippen LogP contribution in [-0.2, 0) is 0 Å². The van der Waals surface area contributed by atoms with E-state index in [-0.39, 0.29) is 17.2 Å². The summed E-state index contributed by atoms with van der Waals surface area (Å²) in [7, 11) is 1.97. The Balaban J connectivity index is 2.27. The molecule has 0 fully saturated rings. The number of fused-ring (bicyclic) bond motifs is 1. The predicted octanol–water partition coefficient (Wildman–Crippen LogP) is 2.84. The smallest absolute Gasteiger partial charge is 0.191 e. The largest absolute Gasteiger partial charge is 0.490 e. The summed E-state index contributed by atoms with van der Waals surface area (Å²) < 4.78 is 11.4. The number of hydrogen-bond acceptors (Lipinski definition) is 7. The molecule has 1 aromatic carbocycles. The number of ether oxygens (including phenoxy) is 2. The van der Waals surface area contributed by atoms with Gasteiger partial charge in [-0.3, -0.25) is 0 Å². The van der Waals surface area contributed by atoms with Crippen LogP contribution < -0.4 is 15.2 Å². The lowest BCUT2D eigenvalue weighted by Crippen LogP contribution is -2.47. The number of nitrogens with zero attached hydrogens (tertiary/aromatic N) is 4. The van der Waals surface area contributed by atoms with E-state index in [9.17, 15) is 15.8 Å². The maximum Gasteiger partial charge on any atom is 0.191 e. The third-order valence-electron chi connectivity index (χ3n) is 5.77. The monoisotopic (exact) mass is 403 g/mol. The molecular formula is C23H25N5O2. The zero-order valence-corrected chi connectivity index (χ0v) is 17.5. The van der Waals surface area contributed by atoms with Crippen LogP contribution in [0, 0.1) is 45.3 Å². The Morgan fingerprint density at radius 3 is 2.40 bits per heavy atom. The van der Waals surface area contributed by atoms with E-state index in [2.05, 4.69) is 23.1 Å². The van der Waals surface area contributed by atoms with Crippen LogP contribution in [0.25, 0.3) is 0 Å². The summed E-state index contributed by atoms with van der Waals surface area (Å²) >= 11 is 0. The lowest BCUT2D eigenvalue weighted by Gasteiger charge is -2.45. The molecule has 2 aliphatic rings. The molecule has 0 radical (unpaired) electrons. The van der Waals surface area contributed by atoms with Crippen molar-refractivity contribution < 1.29 is 9.47 Å². The highest BCUT2D eigenvalue weighted by Crippen LogP contribution is 2.54. The van der Waals surface area contributed by atoms with Gasteiger partial charge in [0.2, 0.25) is 0 Å². The number of nitrogens with two attached hydrogens (primary N) is 1. The van der Waals surface area contributed by atoms with Crippen molar-refractivity contribution in [2.45, 2.75) is 19.8 Å². The minimum Gasteiger partial charge on any atom is -0.490 e. The quantitative estimate of drug-likeness (QED) is 0.803. The summed E-state index contributed by atoms with van der Waals surface area (Å²) in [6.45, 7) is 6.01. The maximum atomic E-state index is 10.1. The fourth-order valence-electron chi connectivity index (χ4n) is 4.46. The Morgan fingerprint density at radius 2 is 1.80 bits per heavy atom. The van der Waals surface area contributed by atoms with Crippen molar-refractivity contribution in [2.24, 2.45) is 17.1 Å². The van der Waals surface area contributed by atoms with Gasteiger partial charge >= 0.3 is 0 Å². The Kier molecular flexibility index (Phi) is 6.01. The van der Waals surface area contributed by atoms with Crippen molar-refractivity contribution in [1.82, 2.24) is 4.90 Å². The molecule has 7 heteroatoms. The summed E-state index contributed by atoms with van der Waals surface area (Å²) in [5.74, 6) is 0.395. The normalized spacial score (nSPS) is 22.7. The van der Waals surface area contributed by atoms with Gasteiger partial charge < -0.3 is 20.1 Å². The van der Waals surface area contributed by atoms with Gasteiger partial charge in [0.1, 0.15) is 6.07 Å². The molecule has 0 bridgehead atoms. The predicted molar refractivity (Wildman–Crippen MR) is 111 cm³/mol. The lowest BCUT2D eigenvalue weighted by molar-refractivity contribution is 0.236. The van der Waals surface area contributed by atoms with E-state index in [4.69, 9.17) is 15.2 Å². The highest BCUT2D eigenvalue weighted by molar-refractivity contribution is 5.60. The SMILES string of the molecule is CCOc1ccc([C@H]2[C@@H]3CN(C)CC=C3C(C#N)=C(N)C2(C#N)C#N)cc1OCC. The minimum absolute atomic E-state index is 0.0268. The molecule has 0 spiro atoms. The summed E-state index contributed by atoms with van der Waals surface area (Å²) in [5, 5.41) is 30.0. The molecule has 7 nitrogen and oxygen atoms in total. The highest BCUT2D eigenvalue weighted by Gasteiger charge is 2.54. The third kappa shape index (κ3) is 3.26. The van der Waals surface area contributed by atoms with Gasteiger partial charge in [0, 0.05) is 24.9 Å². The minimum atomic E-state index is -1.65. The molecule has 0 amide bonds. The number of hydrogen-bond donors (Lipinski definition) is 1. The second-order valence-electron chi connectivity index (χ2n) is 7.47. The van der Waals surface area contributed by atoms with Gasteiger partial charge in [0.05, 0.1) is 36.6 Å². The maximum absolute atomic E-state index is 10.1. The van der Waals surface area contributed by atoms with E-state index < -0.39 is 11.3 Å². The molecule has 0 saturated heterocycles. The second kappa shape index (κ2) is 8.49. The summed E-state index contributed by atoms with van der Waals surface area (Å²) in [4.78, 5) is 2.11. The average molecular weight is 403 g/mol. The first kappa shape index (κ1) is 21.2. The fourth-order valence-corrected chi connectivity index (χ4v) is 4.46. The highest BCUT2D eigenvalue weighted by atomic mass is 16.5. The molecule has 0 unspecified atom stereocenters. The molecule has 1 aromatic rings. The molecule has 1 aliphatic carbocycles. The molecule has 0 aromatic heterocycles. The van der Waals surface area contributed by atoms with Gasteiger partial charge in [-0.1, -0.05) is 12.1 Å². The third-order valence-corrected chi connectivity index (χ3v) is 5.77. The van der Waals surface area contributed by atoms with Gasteiger partial charge in [-0.2, -0.15) is 15.8 Å². The van der Waals surface area contributed by atoms with Gasteiger partial charge in [-0.05, 0) is 44.2 Å². The van der Waals surface area contributed by atoms with Crippen molar-refractivity contribution in [3.8, 4) is 29.7 Å². The van der Waals surface area contributed by atoms with Gasteiger partial charge in [0.15, 0.2) is 16.9 Å². The molecule has 1 aliphatic heterocycles. The van der Waals surface area contributed by atoms with Gasteiger partial charge in [-0.15, -0.1) is 0 Å². The Bertz CT molecular complexity index is 1010. The number of allylic oxidation sites excluding steroid dienone is 2. The Morgan fingerprint density at radius 1 is 1.13 bits per heavy atom. The first-order valence-electron chi connectivity index (χ1n) is 9.98. The fraction of sp³-hybridized carbons (Fsp3) is 0.435. The Labute approximate surface area is 177 Å². The van der Waals surface area contributed by atoms with Crippen LogP contribution in [0.2, 0.25) is 0 Å². The molecule has 2 N–H and O–H groups in total. The van der Waals surface area contributed by atoms with Crippen molar-refractivity contribution in [1.29, 1.82) is 15.8 Å². The number of benzene rings is 1. The topological polar surface area (TPSA) is 119 Å². The molecule has 0 saturated carbocycles. The summed E-state index contributed by atoms with van der Waals surface area (Å²) in [6, 6.07) is 12.0. The first-order chi connectivity index (χ1) is 14.5. The number of nitriles is 3. The lowest BCUT2D eigenvalue weighted by atomic mass is 9.58. The average Bonchev–Trinajstić information content (AvgIpc) is 2.75. The van der Waals surface area contributed by atoms with Crippen LogP contribution in [0.4, 0.5) is 0 Å². The molecule has 154 valence electrons.